The van der Waals surface area contributed by atoms with Gasteiger partial charge in [0, 0.05) is 30.2 Å². The van der Waals surface area contributed by atoms with Gasteiger partial charge in [-0.2, -0.15) is 0 Å². The molecule has 3 N–H and O–H groups in total. The second-order valence-corrected chi connectivity index (χ2v) is 7.38. The van der Waals surface area contributed by atoms with Crippen LogP contribution in [0.5, 0.6) is 0 Å². The Morgan fingerprint density at radius 1 is 1.27 bits per heavy atom. The molecule has 2 aliphatic heterocycles. The quantitative estimate of drug-likeness (QED) is 0.552. The van der Waals surface area contributed by atoms with Gasteiger partial charge in [0.15, 0.2) is 5.96 Å². The normalized spacial score (nSPS) is 25.2. The van der Waals surface area contributed by atoms with Crippen molar-refractivity contribution >= 4 is 16.9 Å². The molecule has 4 rings (SSSR count). The van der Waals surface area contributed by atoms with Gasteiger partial charge in [-0.25, -0.2) is 0 Å². The Hall–Kier alpha value is -2.01. The van der Waals surface area contributed by atoms with Crippen LogP contribution < -0.4 is 10.6 Å². The highest BCUT2D eigenvalue weighted by atomic mass is 16.5. The predicted octanol–water partition coefficient (Wildman–Crippen LogP) is 3.15. The number of guanidine groups is 1. The minimum Gasteiger partial charge on any atom is -0.373 e. The summed E-state index contributed by atoms with van der Waals surface area (Å²) in [7, 11) is 0. The van der Waals surface area contributed by atoms with Gasteiger partial charge in [0.2, 0.25) is 0 Å². The molecule has 0 amide bonds. The molecule has 0 spiro atoms. The van der Waals surface area contributed by atoms with Crippen molar-refractivity contribution in [3.05, 3.63) is 35.5 Å². The van der Waals surface area contributed by atoms with E-state index < -0.39 is 0 Å². The van der Waals surface area contributed by atoms with Crippen LogP contribution in [0.3, 0.4) is 0 Å². The van der Waals surface area contributed by atoms with Gasteiger partial charge >= 0.3 is 0 Å². The number of H-pyrrole nitrogens is 1. The van der Waals surface area contributed by atoms with Crippen LogP contribution in [-0.2, 0) is 17.6 Å². The number of para-hydroxylation sites is 1. The molecule has 140 valence electrons. The van der Waals surface area contributed by atoms with Crippen LogP contribution >= 0.6 is 0 Å². The molecular weight excluding hydrogens is 324 g/mol. The van der Waals surface area contributed by atoms with Gasteiger partial charge in [-0.1, -0.05) is 25.1 Å². The van der Waals surface area contributed by atoms with Crippen molar-refractivity contribution in [3.8, 4) is 0 Å². The molecule has 3 heterocycles. The Morgan fingerprint density at radius 3 is 2.92 bits per heavy atom. The van der Waals surface area contributed by atoms with E-state index in [0.29, 0.717) is 18.2 Å². The van der Waals surface area contributed by atoms with E-state index >= 15 is 0 Å². The van der Waals surface area contributed by atoms with Crippen molar-refractivity contribution < 1.29 is 4.74 Å². The molecule has 2 saturated heterocycles. The van der Waals surface area contributed by atoms with Crippen LogP contribution in [0.4, 0.5) is 0 Å². The summed E-state index contributed by atoms with van der Waals surface area (Å²) in [4.78, 5) is 8.26. The smallest absolute Gasteiger partial charge is 0.191 e. The number of hydrogen-bond acceptors (Lipinski definition) is 2. The molecule has 1 aromatic heterocycles. The van der Waals surface area contributed by atoms with Gasteiger partial charge < -0.3 is 20.4 Å². The van der Waals surface area contributed by atoms with Gasteiger partial charge in [0.25, 0.3) is 0 Å². The fourth-order valence-corrected chi connectivity index (χ4v) is 4.35. The Bertz CT molecular complexity index is 781. The Kier molecular flexibility index (Phi) is 5.16. The number of fused-ring (bicyclic) bond motifs is 3. The lowest BCUT2D eigenvalue weighted by Gasteiger charge is -2.22. The van der Waals surface area contributed by atoms with Crippen molar-refractivity contribution in [3.63, 3.8) is 0 Å². The number of nitrogens with zero attached hydrogens (tertiary/aromatic N) is 1. The molecule has 5 heteroatoms. The Labute approximate surface area is 155 Å². The summed E-state index contributed by atoms with van der Waals surface area (Å²) in [6, 6.07) is 6.97. The van der Waals surface area contributed by atoms with Gasteiger partial charge in [-0.15, -0.1) is 0 Å². The SMILES string of the molecule is CCNC(=NCCc1c[nH]c2c(CC)cccc12)NC1CC2CCC1O2. The summed E-state index contributed by atoms with van der Waals surface area (Å²) in [6.07, 6.45) is 8.46. The molecule has 2 aliphatic rings. The number of benzene rings is 1. The number of aliphatic imine (C=N–C) groups is 1. The van der Waals surface area contributed by atoms with Crippen LogP contribution in [0, 0.1) is 0 Å². The van der Waals surface area contributed by atoms with Crippen LogP contribution in [0.1, 0.15) is 44.2 Å². The van der Waals surface area contributed by atoms with E-state index in [-0.39, 0.29) is 0 Å². The third-order valence-corrected chi connectivity index (χ3v) is 5.69. The molecule has 0 saturated carbocycles. The van der Waals surface area contributed by atoms with Crippen molar-refractivity contribution in [1.29, 1.82) is 0 Å². The minimum atomic E-state index is 0.366. The predicted molar refractivity (Wildman–Crippen MR) is 107 cm³/mol. The van der Waals surface area contributed by atoms with Crippen molar-refractivity contribution in [1.82, 2.24) is 15.6 Å². The monoisotopic (exact) mass is 354 g/mol. The molecule has 2 aromatic rings. The molecular formula is C21H30N4O. The summed E-state index contributed by atoms with van der Waals surface area (Å²) in [5, 5.41) is 8.30. The highest BCUT2D eigenvalue weighted by molar-refractivity contribution is 5.86. The summed E-state index contributed by atoms with van der Waals surface area (Å²) >= 11 is 0. The summed E-state index contributed by atoms with van der Waals surface area (Å²) in [5.41, 5.74) is 4.00. The third kappa shape index (κ3) is 3.45. The second kappa shape index (κ2) is 7.70. The highest BCUT2D eigenvalue weighted by Crippen LogP contribution is 2.34. The average molecular weight is 354 g/mol. The molecule has 5 nitrogen and oxygen atoms in total. The summed E-state index contributed by atoms with van der Waals surface area (Å²) in [6.45, 7) is 5.97. The largest absolute Gasteiger partial charge is 0.373 e. The van der Waals surface area contributed by atoms with E-state index in [1.165, 1.54) is 34.9 Å². The number of hydrogen-bond donors (Lipinski definition) is 3. The molecule has 26 heavy (non-hydrogen) atoms. The number of ether oxygens (including phenoxy) is 1. The fraction of sp³-hybridized carbons (Fsp3) is 0.571. The molecule has 0 aliphatic carbocycles. The highest BCUT2D eigenvalue weighted by Gasteiger charge is 2.41. The zero-order valence-electron chi connectivity index (χ0n) is 15.8. The first-order chi connectivity index (χ1) is 12.8. The van der Waals surface area contributed by atoms with Crippen LogP contribution in [0.2, 0.25) is 0 Å². The maximum Gasteiger partial charge on any atom is 0.191 e. The van der Waals surface area contributed by atoms with Crippen LogP contribution in [0.25, 0.3) is 10.9 Å². The minimum absolute atomic E-state index is 0.366. The van der Waals surface area contributed by atoms with E-state index in [0.717, 1.165) is 38.3 Å². The molecule has 1 aromatic carbocycles. The average Bonchev–Trinajstić information content (AvgIpc) is 3.37. The second-order valence-electron chi connectivity index (χ2n) is 7.38. The van der Waals surface area contributed by atoms with Gasteiger partial charge in [-0.3, -0.25) is 4.99 Å². The Balaban J connectivity index is 1.41. The van der Waals surface area contributed by atoms with Crippen LogP contribution in [0.15, 0.2) is 29.4 Å². The lowest BCUT2D eigenvalue weighted by atomic mass is 9.96. The van der Waals surface area contributed by atoms with Crippen molar-refractivity contribution in [2.45, 2.75) is 64.2 Å². The van der Waals surface area contributed by atoms with E-state index in [9.17, 15) is 0 Å². The van der Waals surface area contributed by atoms with Gasteiger partial charge in [-0.05, 0) is 50.2 Å². The lowest BCUT2D eigenvalue weighted by molar-refractivity contribution is 0.0992. The van der Waals surface area contributed by atoms with Gasteiger partial charge in [0.1, 0.15) is 0 Å². The first kappa shape index (κ1) is 17.4. The maximum atomic E-state index is 5.95. The number of aromatic nitrogens is 1. The van der Waals surface area contributed by atoms with E-state index in [2.05, 4.69) is 53.9 Å². The number of aryl methyl sites for hydroxylation is 1. The number of rotatable bonds is 6. The zero-order valence-corrected chi connectivity index (χ0v) is 15.8. The standard InChI is InChI=1S/C21H30N4O/c1-3-14-6-5-7-17-15(13-24-20(14)17)10-11-23-21(22-4-2)25-18-12-16-8-9-19(18)26-16/h5-7,13,16,18-19,24H,3-4,8-12H2,1-2H3,(H2,22,23,25). The van der Waals surface area contributed by atoms with Crippen LogP contribution in [-0.4, -0.2) is 42.3 Å². The van der Waals surface area contributed by atoms with Crippen molar-refractivity contribution in [2.75, 3.05) is 13.1 Å². The first-order valence-electron chi connectivity index (χ1n) is 10.1. The fourth-order valence-electron chi connectivity index (χ4n) is 4.35. The van der Waals surface area contributed by atoms with E-state index in [1.54, 1.807) is 0 Å². The van der Waals surface area contributed by atoms with Gasteiger partial charge in [0.05, 0.1) is 18.2 Å². The Morgan fingerprint density at radius 2 is 2.19 bits per heavy atom. The summed E-state index contributed by atoms with van der Waals surface area (Å²) < 4.78 is 5.95. The third-order valence-electron chi connectivity index (χ3n) is 5.69. The molecule has 2 fully saturated rings. The lowest BCUT2D eigenvalue weighted by Crippen LogP contribution is -2.47. The molecule has 3 atom stereocenters. The van der Waals surface area contributed by atoms with Crippen molar-refractivity contribution in [2.24, 2.45) is 4.99 Å². The number of nitrogens with one attached hydrogen (secondary N) is 3. The molecule has 0 radical (unpaired) electrons. The summed E-state index contributed by atoms with van der Waals surface area (Å²) in [5.74, 6) is 0.919. The molecule has 3 unspecified atom stereocenters. The molecule has 2 bridgehead atoms. The number of aromatic amines is 1. The topological polar surface area (TPSA) is 61.4 Å². The zero-order chi connectivity index (χ0) is 17.9. The van der Waals surface area contributed by atoms with E-state index in [4.69, 9.17) is 9.73 Å². The first-order valence-corrected chi connectivity index (χ1v) is 10.1. The van der Waals surface area contributed by atoms with E-state index in [1.807, 2.05) is 0 Å². The maximum absolute atomic E-state index is 5.95.